The van der Waals surface area contributed by atoms with Crippen LogP contribution in [0, 0.1) is 5.92 Å². The van der Waals surface area contributed by atoms with Crippen LogP contribution in [-0.2, 0) is 5.75 Å². The molecule has 0 atom stereocenters. The molecular weight excluding hydrogens is 188 g/mol. The van der Waals surface area contributed by atoms with Crippen LogP contribution in [0.15, 0.2) is 30.3 Å². The van der Waals surface area contributed by atoms with Crippen LogP contribution < -0.4 is 0 Å². The maximum Gasteiger partial charge on any atom is 0.0181 e. The van der Waals surface area contributed by atoms with Gasteiger partial charge >= 0.3 is 0 Å². The van der Waals surface area contributed by atoms with E-state index in [4.69, 9.17) is 0 Å². The minimum absolute atomic E-state index is 0.884. The van der Waals surface area contributed by atoms with Gasteiger partial charge in [0, 0.05) is 5.75 Å². The molecule has 1 aromatic rings. The SMILES string of the molecule is CCC(C)C.CSCc1ccccc1. The predicted octanol–water partition coefficient (Wildman–Crippen LogP) is 4.60. The highest BCUT2D eigenvalue weighted by molar-refractivity contribution is 7.97. The van der Waals surface area contributed by atoms with Crippen molar-refractivity contribution in [2.45, 2.75) is 32.9 Å². The Balaban J connectivity index is 0.000000292. The van der Waals surface area contributed by atoms with Gasteiger partial charge in [-0.1, -0.05) is 57.5 Å². The van der Waals surface area contributed by atoms with Gasteiger partial charge in [0.2, 0.25) is 0 Å². The van der Waals surface area contributed by atoms with Crippen LogP contribution in [0.5, 0.6) is 0 Å². The lowest BCUT2D eigenvalue weighted by molar-refractivity contribution is 0.626. The summed E-state index contributed by atoms with van der Waals surface area (Å²) in [5.74, 6) is 2.01. The Hall–Kier alpha value is -0.430. The molecule has 1 heteroatoms. The van der Waals surface area contributed by atoms with E-state index in [2.05, 4.69) is 51.3 Å². The fourth-order valence-electron chi connectivity index (χ4n) is 0.741. The van der Waals surface area contributed by atoms with Crippen LogP contribution in [-0.4, -0.2) is 6.26 Å². The van der Waals surface area contributed by atoms with E-state index in [-0.39, 0.29) is 0 Å². The predicted molar refractivity (Wildman–Crippen MR) is 68.8 cm³/mol. The standard InChI is InChI=1S/C8H10S.C5H12/c1-9-7-8-5-3-2-4-6-8;1-4-5(2)3/h2-6H,7H2,1H3;5H,4H2,1-3H3. The first-order valence-electron chi connectivity index (χ1n) is 5.23. The monoisotopic (exact) mass is 210 g/mol. The quantitative estimate of drug-likeness (QED) is 0.702. The third-order valence-electron chi connectivity index (χ3n) is 1.97. The first kappa shape index (κ1) is 13.6. The maximum atomic E-state index is 2.22. The van der Waals surface area contributed by atoms with Gasteiger partial charge in [-0.05, 0) is 17.7 Å². The average molecular weight is 210 g/mol. The molecule has 0 aliphatic heterocycles. The van der Waals surface area contributed by atoms with Gasteiger partial charge in [-0.15, -0.1) is 0 Å². The third-order valence-corrected chi connectivity index (χ3v) is 2.59. The molecule has 0 nitrogen and oxygen atoms in total. The number of benzene rings is 1. The number of thioether (sulfide) groups is 1. The van der Waals surface area contributed by atoms with Crippen LogP contribution in [0.25, 0.3) is 0 Å². The molecule has 0 bridgehead atoms. The summed E-state index contributed by atoms with van der Waals surface area (Å²) < 4.78 is 0. The van der Waals surface area contributed by atoms with Gasteiger partial charge in [-0.2, -0.15) is 11.8 Å². The smallest absolute Gasteiger partial charge is 0.0181 e. The molecule has 0 heterocycles. The molecule has 0 saturated carbocycles. The molecule has 0 fully saturated rings. The molecule has 0 aliphatic rings. The minimum atomic E-state index is 0.884. The van der Waals surface area contributed by atoms with Crippen molar-refractivity contribution >= 4 is 11.8 Å². The van der Waals surface area contributed by atoms with Crippen LogP contribution in [0.2, 0.25) is 0 Å². The molecule has 0 unspecified atom stereocenters. The highest BCUT2D eigenvalue weighted by Crippen LogP contribution is 2.06. The molecule has 0 aliphatic carbocycles. The molecule has 14 heavy (non-hydrogen) atoms. The van der Waals surface area contributed by atoms with Crippen molar-refractivity contribution in [3.05, 3.63) is 35.9 Å². The summed E-state index contributed by atoms with van der Waals surface area (Å²) in [4.78, 5) is 0. The summed E-state index contributed by atoms with van der Waals surface area (Å²) in [7, 11) is 0. The Labute approximate surface area is 93.1 Å². The number of hydrogen-bond donors (Lipinski definition) is 0. The minimum Gasteiger partial charge on any atom is -0.161 e. The van der Waals surface area contributed by atoms with E-state index < -0.39 is 0 Å². The second kappa shape index (κ2) is 9.14. The number of hydrogen-bond acceptors (Lipinski definition) is 1. The van der Waals surface area contributed by atoms with E-state index in [0.717, 1.165) is 11.7 Å². The lowest BCUT2D eigenvalue weighted by Crippen LogP contribution is -1.77. The zero-order valence-electron chi connectivity index (χ0n) is 9.79. The molecule has 1 rings (SSSR count). The first-order valence-corrected chi connectivity index (χ1v) is 6.63. The molecule has 0 spiro atoms. The average Bonchev–Trinajstić information content (AvgIpc) is 2.21. The van der Waals surface area contributed by atoms with Crippen LogP contribution in [0.4, 0.5) is 0 Å². The van der Waals surface area contributed by atoms with Gasteiger partial charge in [0.1, 0.15) is 0 Å². The molecule has 0 radical (unpaired) electrons. The summed E-state index contributed by atoms with van der Waals surface area (Å²) >= 11 is 1.85. The third kappa shape index (κ3) is 8.18. The van der Waals surface area contributed by atoms with Gasteiger partial charge < -0.3 is 0 Å². The van der Waals surface area contributed by atoms with Crippen LogP contribution in [0.1, 0.15) is 32.8 Å². The lowest BCUT2D eigenvalue weighted by atomic mass is 10.2. The summed E-state index contributed by atoms with van der Waals surface area (Å²) in [5.41, 5.74) is 1.41. The van der Waals surface area contributed by atoms with Crippen LogP contribution >= 0.6 is 11.8 Å². The van der Waals surface area contributed by atoms with E-state index in [1.807, 2.05) is 17.8 Å². The second-order valence-electron chi connectivity index (χ2n) is 3.72. The van der Waals surface area contributed by atoms with Crippen molar-refractivity contribution in [2.75, 3.05) is 6.26 Å². The van der Waals surface area contributed by atoms with Crippen molar-refractivity contribution < 1.29 is 0 Å². The Bertz CT molecular complexity index is 204. The fourth-order valence-corrected chi connectivity index (χ4v) is 1.27. The summed E-state index contributed by atoms with van der Waals surface area (Å²) in [6.45, 7) is 6.64. The van der Waals surface area contributed by atoms with E-state index in [1.54, 1.807) is 0 Å². The van der Waals surface area contributed by atoms with Gasteiger partial charge in [-0.3, -0.25) is 0 Å². The van der Waals surface area contributed by atoms with E-state index in [1.165, 1.54) is 12.0 Å². The molecule has 0 saturated heterocycles. The largest absolute Gasteiger partial charge is 0.161 e. The molecule has 80 valence electrons. The molecule has 1 aromatic carbocycles. The van der Waals surface area contributed by atoms with Gasteiger partial charge in [0.15, 0.2) is 0 Å². The summed E-state index contributed by atoms with van der Waals surface area (Å²) in [6, 6.07) is 10.5. The lowest BCUT2D eigenvalue weighted by Gasteiger charge is -1.93. The van der Waals surface area contributed by atoms with Crippen molar-refractivity contribution in [2.24, 2.45) is 5.92 Å². The highest BCUT2D eigenvalue weighted by Gasteiger charge is 1.84. The molecule has 0 N–H and O–H groups in total. The zero-order chi connectivity index (χ0) is 10.8. The topological polar surface area (TPSA) is 0 Å². The van der Waals surface area contributed by atoms with E-state index in [9.17, 15) is 0 Å². The van der Waals surface area contributed by atoms with E-state index >= 15 is 0 Å². The molecular formula is C13H22S. The fraction of sp³-hybridized carbons (Fsp3) is 0.538. The Morgan fingerprint density at radius 1 is 1.14 bits per heavy atom. The number of rotatable bonds is 3. The van der Waals surface area contributed by atoms with Gasteiger partial charge in [-0.25, -0.2) is 0 Å². The van der Waals surface area contributed by atoms with Gasteiger partial charge in [0.25, 0.3) is 0 Å². The highest BCUT2D eigenvalue weighted by atomic mass is 32.2. The van der Waals surface area contributed by atoms with Crippen molar-refractivity contribution in [1.82, 2.24) is 0 Å². The van der Waals surface area contributed by atoms with Crippen molar-refractivity contribution in [1.29, 1.82) is 0 Å². The first-order chi connectivity index (χ1) is 6.70. The Morgan fingerprint density at radius 3 is 2.00 bits per heavy atom. The molecule has 0 amide bonds. The van der Waals surface area contributed by atoms with Crippen molar-refractivity contribution in [3.63, 3.8) is 0 Å². The van der Waals surface area contributed by atoms with E-state index in [0.29, 0.717) is 0 Å². The Kier molecular flexibility index (Phi) is 8.86. The summed E-state index contributed by atoms with van der Waals surface area (Å²) in [6.07, 6.45) is 3.42. The van der Waals surface area contributed by atoms with Crippen molar-refractivity contribution in [3.8, 4) is 0 Å². The summed E-state index contributed by atoms with van der Waals surface area (Å²) in [5, 5.41) is 0. The van der Waals surface area contributed by atoms with Crippen LogP contribution in [0.3, 0.4) is 0 Å². The maximum absolute atomic E-state index is 2.22. The zero-order valence-corrected chi connectivity index (χ0v) is 10.6. The second-order valence-corrected chi connectivity index (χ2v) is 4.59. The Morgan fingerprint density at radius 2 is 1.64 bits per heavy atom. The molecule has 0 aromatic heterocycles. The normalized spacial score (nSPS) is 9.50. The van der Waals surface area contributed by atoms with Gasteiger partial charge in [0.05, 0.1) is 0 Å².